The molecule has 15 aromatic rings. The monoisotopic (exact) mass is 916 g/mol. The Morgan fingerprint density at radius 2 is 0.875 bits per heavy atom. The molecule has 12 aromatic carbocycles. The highest BCUT2D eigenvalue weighted by atomic mass is 16.3. The lowest BCUT2D eigenvalue weighted by Crippen LogP contribution is -2.01. The first kappa shape index (κ1) is 40.2. The molecule has 3 aromatic heterocycles. The van der Waals surface area contributed by atoms with E-state index >= 15 is 0 Å². The van der Waals surface area contributed by atoms with E-state index in [-0.39, 0.29) is 0 Å². The van der Waals surface area contributed by atoms with Gasteiger partial charge >= 0.3 is 0 Å². The van der Waals surface area contributed by atoms with Crippen LogP contribution in [0.15, 0.2) is 247 Å². The van der Waals surface area contributed by atoms with Gasteiger partial charge in [0.1, 0.15) is 11.2 Å². The van der Waals surface area contributed by atoms with Gasteiger partial charge in [-0.3, -0.25) is 0 Å². The maximum atomic E-state index is 7.01. The molecule has 0 unspecified atom stereocenters. The van der Waals surface area contributed by atoms with Crippen molar-refractivity contribution in [2.24, 2.45) is 0 Å². The Labute approximate surface area is 413 Å². The second kappa shape index (κ2) is 15.9. The summed E-state index contributed by atoms with van der Waals surface area (Å²) in [5.41, 5.74) is 12.0. The predicted octanol–water partition coefficient (Wildman–Crippen LogP) is 17.8. The zero-order valence-electron chi connectivity index (χ0n) is 38.8. The van der Waals surface area contributed by atoms with Crippen LogP contribution >= 0.6 is 0 Å². The number of nitrogens with zero attached hydrogens (tertiary/aromatic N) is 4. The van der Waals surface area contributed by atoms with E-state index < -0.39 is 0 Å². The molecule has 334 valence electrons. The molecule has 0 atom stereocenters. The lowest BCUT2D eigenvalue weighted by atomic mass is 9.96. The van der Waals surface area contributed by atoms with Gasteiger partial charge < -0.3 is 8.98 Å². The van der Waals surface area contributed by atoms with Crippen LogP contribution < -0.4 is 0 Å². The van der Waals surface area contributed by atoms with Crippen molar-refractivity contribution in [2.45, 2.75) is 0 Å². The quantitative estimate of drug-likeness (QED) is 0.156. The van der Waals surface area contributed by atoms with Crippen molar-refractivity contribution in [3.05, 3.63) is 243 Å². The molecule has 0 aliphatic carbocycles. The maximum Gasteiger partial charge on any atom is 0.164 e. The first-order valence-corrected chi connectivity index (χ1v) is 24.4. The smallest absolute Gasteiger partial charge is 0.164 e. The number of hydrogen-bond acceptors (Lipinski definition) is 4. The Bertz CT molecular complexity index is 4680. The fourth-order valence-electron chi connectivity index (χ4n) is 11.2. The normalized spacial score (nSPS) is 11.9. The molecule has 0 saturated heterocycles. The summed E-state index contributed by atoms with van der Waals surface area (Å²) in [5.74, 6) is 1.78. The van der Waals surface area contributed by atoms with Crippen LogP contribution in [0.4, 0.5) is 0 Å². The fraction of sp³-hybridized carbons (Fsp3) is 0. The summed E-state index contributed by atoms with van der Waals surface area (Å²) >= 11 is 0. The van der Waals surface area contributed by atoms with Gasteiger partial charge in [-0.2, -0.15) is 0 Å². The topological polar surface area (TPSA) is 56.7 Å². The third-order valence-corrected chi connectivity index (χ3v) is 14.6. The molecule has 3 heterocycles. The minimum atomic E-state index is 0.570. The van der Waals surface area contributed by atoms with Gasteiger partial charge in [-0.25, -0.2) is 15.0 Å². The van der Waals surface area contributed by atoms with E-state index in [1.165, 1.54) is 32.5 Å². The lowest BCUT2D eigenvalue weighted by Gasteiger charge is -2.16. The van der Waals surface area contributed by atoms with Crippen molar-refractivity contribution in [2.75, 3.05) is 0 Å². The summed E-state index contributed by atoms with van der Waals surface area (Å²) in [6.07, 6.45) is 0. The van der Waals surface area contributed by atoms with Crippen molar-refractivity contribution in [3.8, 4) is 62.1 Å². The Kier molecular flexibility index (Phi) is 8.89. The standard InChI is InChI=1S/C67H40N4O/c1-2-15-41(16-3-1)43-29-32-44(33-30-43)55-39-58-63(40-61(55)71-59-27-13-12-25-53(59)56-36-46-19-6-7-20-47(46)38-60(56)71)72-62-28-14-26-54(64(58)62)66-68-65(49-34-31-42-17-4-5-18-45(42)35-49)69-67(70-66)57-37-48-21-8-9-22-50(48)51-23-10-11-24-52(51)57/h1-40H. The van der Waals surface area contributed by atoms with Crippen molar-refractivity contribution < 1.29 is 4.42 Å². The molecule has 0 radical (unpaired) electrons. The van der Waals surface area contributed by atoms with Crippen LogP contribution in [0.5, 0.6) is 0 Å². The van der Waals surface area contributed by atoms with E-state index in [2.05, 4.69) is 241 Å². The summed E-state index contributed by atoms with van der Waals surface area (Å²) in [7, 11) is 0. The van der Waals surface area contributed by atoms with Gasteiger partial charge in [-0.1, -0.05) is 194 Å². The fourth-order valence-corrected chi connectivity index (χ4v) is 11.2. The molecule has 15 rings (SSSR count). The molecular weight excluding hydrogens is 877 g/mol. The Morgan fingerprint density at radius 3 is 1.68 bits per heavy atom. The van der Waals surface area contributed by atoms with Gasteiger partial charge in [-0.05, 0) is 102 Å². The number of furan rings is 1. The lowest BCUT2D eigenvalue weighted by molar-refractivity contribution is 0.668. The highest BCUT2D eigenvalue weighted by molar-refractivity contribution is 6.17. The molecular formula is C67H40N4O. The third-order valence-electron chi connectivity index (χ3n) is 14.6. The molecule has 0 fully saturated rings. The summed E-state index contributed by atoms with van der Waals surface area (Å²) in [4.78, 5) is 16.2. The van der Waals surface area contributed by atoms with Gasteiger partial charge in [0.2, 0.25) is 0 Å². The average molecular weight is 917 g/mol. The maximum absolute atomic E-state index is 7.01. The Hall–Kier alpha value is -9.71. The van der Waals surface area contributed by atoms with E-state index in [0.29, 0.717) is 17.5 Å². The second-order valence-electron chi connectivity index (χ2n) is 18.7. The first-order valence-electron chi connectivity index (χ1n) is 24.4. The van der Waals surface area contributed by atoms with Crippen LogP contribution in [-0.4, -0.2) is 19.5 Å². The highest BCUT2D eigenvalue weighted by Crippen LogP contribution is 2.45. The number of para-hydroxylation sites is 1. The van der Waals surface area contributed by atoms with E-state index in [1.54, 1.807) is 0 Å². The SMILES string of the molecule is c1ccc(-c2ccc(-c3cc4c(cc3-n3c5ccccc5c5cc6ccccc6cc53)oc3cccc(-c5nc(-c6ccc7ccccc7c6)nc(-c6cc7ccccc7c7ccccc67)n5)c34)cc2)cc1. The van der Waals surface area contributed by atoms with Crippen molar-refractivity contribution in [3.63, 3.8) is 0 Å². The van der Waals surface area contributed by atoms with Gasteiger partial charge in [0.15, 0.2) is 17.5 Å². The number of rotatable bonds is 6. The van der Waals surface area contributed by atoms with Crippen LogP contribution in [-0.2, 0) is 0 Å². The zero-order valence-corrected chi connectivity index (χ0v) is 38.8. The summed E-state index contributed by atoms with van der Waals surface area (Å²) in [6.45, 7) is 0. The largest absolute Gasteiger partial charge is 0.456 e. The van der Waals surface area contributed by atoms with Crippen LogP contribution in [0.1, 0.15) is 0 Å². The molecule has 5 heteroatoms. The van der Waals surface area contributed by atoms with Crippen LogP contribution in [0.25, 0.3) is 149 Å². The van der Waals surface area contributed by atoms with Crippen LogP contribution in [0, 0.1) is 0 Å². The zero-order chi connectivity index (χ0) is 47.3. The summed E-state index contributed by atoms with van der Waals surface area (Å²) < 4.78 is 9.44. The minimum absolute atomic E-state index is 0.570. The molecule has 0 bridgehead atoms. The average Bonchev–Trinajstić information content (AvgIpc) is 3.98. The Balaban J connectivity index is 1.01. The van der Waals surface area contributed by atoms with Crippen LogP contribution in [0.2, 0.25) is 0 Å². The minimum Gasteiger partial charge on any atom is -0.456 e. The number of fused-ring (bicyclic) bond motifs is 11. The van der Waals surface area contributed by atoms with Crippen LogP contribution in [0.3, 0.4) is 0 Å². The second-order valence-corrected chi connectivity index (χ2v) is 18.7. The van der Waals surface area contributed by atoms with Gasteiger partial charge in [0, 0.05) is 49.9 Å². The summed E-state index contributed by atoms with van der Waals surface area (Å²) in [5, 5.41) is 13.5. The molecule has 0 spiro atoms. The van der Waals surface area contributed by atoms with Crippen molar-refractivity contribution in [1.82, 2.24) is 19.5 Å². The van der Waals surface area contributed by atoms with E-state index in [9.17, 15) is 0 Å². The predicted molar refractivity (Wildman–Crippen MR) is 299 cm³/mol. The molecule has 0 aliphatic heterocycles. The van der Waals surface area contributed by atoms with Gasteiger partial charge in [0.05, 0.1) is 16.7 Å². The highest BCUT2D eigenvalue weighted by Gasteiger charge is 2.23. The molecule has 0 aliphatic rings. The number of benzene rings is 12. The van der Waals surface area contributed by atoms with E-state index in [4.69, 9.17) is 19.4 Å². The number of aromatic nitrogens is 4. The van der Waals surface area contributed by atoms with E-state index in [0.717, 1.165) is 99.0 Å². The Morgan fingerprint density at radius 1 is 0.278 bits per heavy atom. The van der Waals surface area contributed by atoms with Gasteiger partial charge in [0.25, 0.3) is 0 Å². The number of hydrogen-bond donors (Lipinski definition) is 0. The third kappa shape index (κ3) is 6.38. The molecule has 0 saturated carbocycles. The molecule has 72 heavy (non-hydrogen) atoms. The summed E-state index contributed by atoms with van der Waals surface area (Å²) in [6, 6.07) is 86.5. The molecule has 0 N–H and O–H groups in total. The molecule has 5 nitrogen and oxygen atoms in total. The van der Waals surface area contributed by atoms with E-state index in [1.807, 2.05) is 6.07 Å². The van der Waals surface area contributed by atoms with Gasteiger partial charge in [-0.15, -0.1) is 0 Å². The first-order chi connectivity index (χ1) is 35.7. The van der Waals surface area contributed by atoms with Crippen molar-refractivity contribution in [1.29, 1.82) is 0 Å². The van der Waals surface area contributed by atoms with Crippen molar-refractivity contribution >= 4 is 86.8 Å². The molecule has 0 amide bonds.